The maximum absolute atomic E-state index is 11.5. The average Bonchev–Trinajstić information content (AvgIpc) is 3.01. The van der Waals surface area contributed by atoms with Crippen LogP contribution in [0.25, 0.3) is 27.8 Å². The first-order valence-corrected chi connectivity index (χ1v) is 6.38. The molecule has 2 N–H and O–H groups in total. The Labute approximate surface area is 113 Å². The van der Waals surface area contributed by atoms with E-state index in [2.05, 4.69) is 21.1 Å². The largest absolute Gasteiger partial charge is 0.360 e. The SMILES string of the molecule is Cc1cc(=O)[nH]c2cc(-c3c[nH]c4ccccc34)nn12. The summed E-state index contributed by atoms with van der Waals surface area (Å²) in [4.78, 5) is 17.5. The lowest BCUT2D eigenvalue weighted by Crippen LogP contribution is -2.09. The monoisotopic (exact) mass is 264 g/mol. The quantitative estimate of drug-likeness (QED) is 0.554. The van der Waals surface area contributed by atoms with Gasteiger partial charge in [0.1, 0.15) is 5.65 Å². The zero-order valence-electron chi connectivity index (χ0n) is 10.8. The number of H-pyrrole nitrogens is 2. The topological polar surface area (TPSA) is 66.0 Å². The fraction of sp³-hybridized carbons (Fsp3) is 0.0667. The third kappa shape index (κ3) is 1.50. The van der Waals surface area contributed by atoms with Crippen LogP contribution >= 0.6 is 0 Å². The van der Waals surface area contributed by atoms with Crippen LogP contribution in [-0.2, 0) is 0 Å². The van der Waals surface area contributed by atoms with Crippen molar-refractivity contribution >= 4 is 16.6 Å². The lowest BCUT2D eigenvalue weighted by atomic mass is 10.1. The highest BCUT2D eigenvalue weighted by molar-refractivity contribution is 5.94. The van der Waals surface area contributed by atoms with Crippen LogP contribution in [0, 0.1) is 6.92 Å². The molecular weight excluding hydrogens is 252 g/mol. The molecule has 0 aliphatic heterocycles. The number of aryl methyl sites for hydroxylation is 1. The van der Waals surface area contributed by atoms with Crippen molar-refractivity contribution in [3.8, 4) is 11.3 Å². The summed E-state index contributed by atoms with van der Waals surface area (Å²) >= 11 is 0. The first-order chi connectivity index (χ1) is 9.72. The zero-order valence-corrected chi connectivity index (χ0v) is 10.8. The summed E-state index contributed by atoms with van der Waals surface area (Å²) in [7, 11) is 0. The minimum atomic E-state index is -0.111. The molecule has 0 saturated carbocycles. The number of nitrogens with zero attached hydrogens (tertiary/aromatic N) is 2. The number of fused-ring (bicyclic) bond motifs is 2. The second-order valence-electron chi connectivity index (χ2n) is 4.85. The highest BCUT2D eigenvalue weighted by Crippen LogP contribution is 2.27. The Balaban J connectivity index is 2.03. The van der Waals surface area contributed by atoms with E-state index in [0.717, 1.165) is 27.9 Å². The summed E-state index contributed by atoms with van der Waals surface area (Å²) in [5.41, 5.74) is 4.35. The Bertz CT molecular complexity index is 990. The molecule has 0 spiro atoms. The Morgan fingerprint density at radius 1 is 1.20 bits per heavy atom. The number of para-hydroxylation sites is 1. The zero-order chi connectivity index (χ0) is 13.7. The van der Waals surface area contributed by atoms with Crippen LogP contribution in [0.15, 0.2) is 47.4 Å². The van der Waals surface area contributed by atoms with E-state index in [0.29, 0.717) is 5.65 Å². The van der Waals surface area contributed by atoms with Crippen molar-refractivity contribution in [3.63, 3.8) is 0 Å². The van der Waals surface area contributed by atoms with Crippen molar-refractivity contribution in [3.05, 3.63) is 58.6 Å². The molecule has 0 unspecified atom stereocenters. The lowest BCUT2D eigenvalue weighted by molar-refractivity contribution is 0.890. The maximum Gasteiger partial charge on any atom is 0.251 e. The van der Waals surface area contributed by atoms with Gasteiger partial charge in [0, 0.05) is 40.5 Å². The molecule has 0 atom stereocenters. The van der Waals surface area contributed by atoms with Crippen LogP contribution in [0.4, 0.5) is 0 Å². The van der Waals surface area contributed by atoms with Crippen LogP contribution < -0.4 is 5.56 Å². The Kier molecular flexibility index (Phi) is 2.12. The van der Waals surface area contributed by atoms with E-state index in [1.54, 1.807) is 10.6 Å². The Morgan fingerprint density at radius 3 is 2.95 bits per heavy atom. The summed E-state index contributed by atoms with van der Waals surface area (Å²) in [6.45, 7) is 1.87. The molecule has 3 heterocycles. The van der Waals surface area contributed by atoms with E-state index in [4.69, 9.17) is 0 Å². The third-order valence-electron chi connectivity index (χ3n) is 3.50. The van der Waals surface area contributed by atoms with Gasteiger partial charge in [-0.3, -0.25) is 4.79 Å². The van der Waals surface area contributed by atoms with Gasteiger partial charge in [0.2, 0.25) is 0 Å². The molecule has 0 radical (unpaired) electrons. The van der Waals surface area contributed by atoms with E-state index >= 15 is 0 Å². The molecule has 98 valence electrons. The third-order valence-corrected chi connectivity index (χ3v) is 3.50. The normalized spacial score (nSPS) is 11.4. The average molecular weight is 264 g/mol. The lowest BCUT2D eigenvalue weighted by Gasteiger charge is -1.96. The number of hydrogen-bond acceptors (Lipinski definition) is 2. The molecule has 0 fully saturated rings. The number of nitrogens with one attached hydrogen (secondary N) is 2. The van der Waals surface area contributed by atoms with Gasteiger partial charge in [-0.2, -0.15) is 5.10 Å². The van der Waals surface area contributed by atoms with Gasteiger partial charge in [0.15, 0.2) is 0 Å². The molecule has 0 aliphatic carbocycles. The summed E-state index contributed by atoms with van der Waals surface area (Å²) in [5.74, 6) is 0. The van der Waals surface area contributed by atoms with Gasteiger partial charge < -0.3 is 9.97 Å². The second kappa shape index (κ2) is 3.84. The Morgan fingerprint density at radius 2 is 2.05 bits per heavy atom. The van der Waals surface area contributed by atoms with E-state index in [-0.39, 0.29) is 5.56 Å². The molecule has 1 aromatic carbocycles. The molecule has 4 aromatic rings. The molecule has 5 heteroatoms. The summed E-state index contributed by atoms with van der Waals surface area (Å²) < 4.78 is 1.75. The Hall–Kier alpha value is -2.82. The predicted molar refractivity (Wildman–Crippen MR) is 77.8 cm³/mol. The van der Waals surface area contributed by atoms with Crippen LogP contribution in [-0.4, -0.2) is 19.6 Å². The van der Waals surface area contributed by atoms with Gasteiger partial charge in [0.05, 0.1) is 5.69 Å². The highest BCUT2D eigenvalue weighted by Gasteiger charge is 2.11. The fourth-order valence-corrected chi connectivity index (χ4v) is 2.57. The smallest absolute Gasteiger partial charge is 0.251 e. The predicted octanol–water partition coefficient (Wildman–Crippen LogP) is 2.48. The van der Waals surface area contributed by atoms with Crippen molar-refractivity contribution in [1.29, 1.82) is 0 Å². The van der Waals surface area contributed by atoms with Crippen molar-refractivity contribution in [2.45, 2.75) is 6.92 Å². The molecule has 0 aliphatic rings. The van der Waals surface area contributed by atoms with Gasteiger partial charge in [-0.25, -0.2) is 4.52 Å². The molecule has 5 nitrogen and oxygen atoms in total. The van der Waals surface area contributed by atoms with Gasteiger partial charge in [-0.15, -0.1) is 0 Å². The van der Waals surface area contributed by atoms with Gasteiger partial charge >= 0.3 is 0 Å². The number of rotatable bonds is 1. The number of benzene rings is 1. The van der Waals surface area contributed by atoms with Crippen LogP contribution in [0.1, 0.15) is 5.69 Å². The summed E-state index contributed by atoms with van der Waals surface area (Å²) in [6.07, 6.45) is 1.94. The van der Waals surface area contributed by atoms with Crippen molar-refractivity contribution in [1.82, 2.24) is 19.6 Å². The number of hydrogen-bond donors (Lipinski definition) is 2. The minimum absolute atomic E-state index is 0.111. The number of aromatic nitrogens is 4. The molecular formula is C15H12N4O. The van der Waals surface area contributed by atoms with Crippen molar-refractivity contribution in [2.75, 3.05) is 0 Å². The van der Waals surface area contributed by atoms with Crippen molar-refractivity contribution < 1.29 is 0 Å². The minimum Gasteiger partial charge on any atom is -0.360 e. The van der Waals surface area contributed by atoms with Gasteiger partial charge in [-0.05, 0) is 13.0 Å². The second-order valence-corrected chi connectivity index (χ2v) is 4.85. The summed E-state index contributed by atoms with van der Waals surface area (Å²) in [5, 5.41) is 5.69. The van der Waals surface area contributed by atoms with E-state index in [1.807, 2.05) is 37.4 Å². The first kappa shape index (κ1) is 11.0. The molecule has 4 rings (SSSR count). The molecule has 0 amide bonds. The van der Waals surface area contributed by atoms with E-state index in [1.165, 1.54) is 0 Å². The first-order valence-electron chi connectivity index (χ1n) is 6.38. The van der Waals surface area contributed by atoms with Crippen molar-refractivity contribution in [2.24, 2.45) is 0 Å². The van der Waals surface area contributed by atoms with Gasteiger partial charge in [0.25, 0.3) is 5.56 Å². The van der Waals surface area contributed by atoms with Crippen LogP contribution in [0.5, 0.6) is 0 Å². The molecule has 20 heavy (non-hydrogen) atoms. The van der Waals surface area contributed by atoms with Crippen LogP contribution in [0.3, 0.4) is 0 Å². The van der Waals surface area contributed by atoms with E-state index in [9.17, 15) is 4.79 Å². The standard InChI is InChI=1S/C15H12N4O/c1-9-6-15(20)17-14-7-13(18-19(9)14)11-8-16-12-5-3-2-4-10(11)12/h2-8,16H,1H3,(H,17,20). The highest BCUT2D eigenvalue weighted by atomic mass is 16.1. The fourth-order valence-electron chi connectivity index (χ4n) is 2.57. The number of aromatic amines is 2. The molecule has 3 aromatic heterocycles. The van der Waals surface area contributed by atoms with Crippen LogP contribution in [0.2, 0.25) is 0 Å². The van der Waals surface area contributed by atoms with Gasteiger partial charge in [-0.1, -0.05) is 18.2 Å². The maximum atomic E-state index is 11.5. The molecule has 0 saturated heterocycles. The molecule has 0 bridgehead atoms. The summed E-state index contributed by atoms with van der Waals surface area (Å²) in [6, 6.07) is 11.5. The van der Waals surface area contributed by atoms with E-state index < -0.39 is 0 Å².